The molecule has 0 aliphatic heterocycles. The monoisotopic (exact) mass is 823 g/mol. The molecule has 20 heteroatoms. The Kier molecular flexibility index (Phi) is 26.1. The number of nitrogens with zero attached hydrogens (tertiary/aromatic N) is 2. The lowest BCUT2D eigenvalue weighted by molar-refractivity contribution is -0.192. The molecule has 0 aliphatic carbocycles. The van der Waals surface area contributed by atoms with Gasteiger partial charge in [-0.15, -0.1) is 0 Å². The highest BCUT2D eigenvalue weighted by Crippen LogP contribution is 2.32. The first-order chi connectivity index (χ1) is 24.7. The van der Waals surface area contributed by atoms with Crippen molar-refractivity contribution in [1.29, 1.82) is 0 Å². The van der Waals surface area contributed by atoms with Crippen molar-refractivity contribution in [2.24, 2.45) is 5.92 Å². The van der Waals surface area contributed by atoms with E-state index in [1.54, 1.807) is 43.6 Å². The first kappa shape index (κ1) is 55.5. The fourth-order valence-electron chi connectivity index (χ4n) is 4.99. The molecule has 4 rings (SSSR count). The molecule has 8 N–H and O–H groups in total. The van der Waals surface area contributed by atoms with Gasteiger partial charge >= 0.3 is 24.3 Å². The van der Waals surface area contributed by atoms with Gasteiger partial charge in [-0.05, 0) is 55.2 Å². The first-order valence-corrected chi connectivity index (χ1v) is 16.4. The zero-order valence-electron chi connectivity index (χ0n) is 31.8. The predicted octanol–water partition coefficient (Wildman–Crippen LogP) is 7.16. The number of aromatic nitrogens is 1. The molecule has 1 unspecified atom stereocenters. The summed E-state index contributed by atoms with van der Waals surface area (Å²) in [5.74, 6) is -1.12. The van der Waals surface area contributed by atoms with E-state index < -0.39 is 24.3 Å². The molecule has 14 nitrogen and oxygen atoms in total. The molecule has 57 heavy (non-hydrogen) atoms. The Bertz CT molecular complexity index is 1730. The molecule has 4 aromatic rings. The molecule has 3 aromatic carbocycles. The number of urea groups is 1. The van der Waals surface area contributed by atoms with Crippen LogP contribution in [0.2, 0.25) is 0 Å². The van der Waals surface area contributed by atoms with Gasteiger partial charge in [0.15, 0.2) is 12.2 Å². The number of benzene rings is 3. The number of carboxylic acid groups (broad SMARTS) is 1. The number of carbonyl (C=O) groups is 3. The van der Waals surface area contributed by atoms with Gasteiger partial charge in [-0.3, -0.25) is 14.1 Å². The third-order valence-corrected chi connectivity index (χ3v) is 7.45. The average Bonchev–Trinajstić information content (AvgIpc) is 3.63. The summed E-state index contributed by atoms with van der Waals surface area (Å²) < 4.78 is 48.5. The quantitative estimate of drug-likeness (QED) is 0.0947. The van der Waals surface area contributed by atoms with Crippen molar-refractivity contribution < 1.29 is 71.6 Å². The molecule has 0 radical (unpaired) electrons. The Morgan fingerprint density at radius 3 is 2.04 bits per heavy atom. The Morgan fingerprint density at radius 1 is 0.895 bits per heavy atom. The number of rotatable bonds is 14. The number of methoxy groups -OCH3 is 1. The second-order valence-corrected chi connectivity index (χ2v) is 12.3. The third-order valence-electron chi connectivity index (χ3n) is 7.45. The average molecular weight is 824 g/mol. The van der Waals surface area contributed by atoms with Crippen LogP contribution in [0, 0.1) is 5.92 Å². The molecule has 320 valence electrons. The van der Waals surface area contributed by atoms with E-state index in [0.29, 0.717) is 41.3 Å². The number of carbonyl (C=O) groups excluding carboxylic acids is 2. The van der Waals surface area contributed by atoms with Crippen LogP contribution in [-0.2, 0) is 16.1 Å². The van der Waals surface area contributed by atoms with Crippen molar-refractivity contribution in [1.82, 2.24) is 15.2 Å². The van der Waals surface area contributed by atoms with Gasteiger partial charge in [-0.1, -0.05) is 56.3 Å². The Labute approximate surface area is 325 Å². The standard InChI is InChI=1S/C35H43N5O5.C2HF3O2.3FH.2H2O/c1-24(2)22-40(25(3)4)17-16-31(27-11-7-6-8-12-27)45-35(42)37-20-26-10-9-13-28(18-26)38-34(41)39-29-14-15-30(32(19-29)43-5)33-21-36-23-44-33;3-2(4,5)1(6)7;;;;;/h6-15,18-19,21,23-25,31H,16-17,20,22H2,1-5H3,(H,37,42)(H2,38,39,41);(H,6,7);3*1H;2*1H2. The summed E-state index contributed by atoms with van der Waals surface area (Å²) in [4.78, 5) is 40.9. The molecule has 0 bridgehead atoms. The second kappa shape index (κ2) is 26.9. The number of ether oxygens (including phenoxy) is 2. The number of carboxylic acids is 1. The first-order valence-electron chi connectivity index (χ1n) is 16.4. The lowest BCUT2D eigenvalue weighted by atomic mass is 10.1. The maximum Gasteiger partial charge on any atom is 0.490 e. The second-order valence-electron chi connectivity index (χ2n) is 12.3. The number of halogens is 6. The molecule has 3 amide bonds. The lowest BCUT2D eigenvalue weighted by Gasteiger charge is -2.30. The summed E-state index contributed by atoms with van der Waals surface area (Å²) in [6.07, 6.45) is -2.33. The van der Waals surface area contributed by atoms with Gasteiger partial charge in [0.2, 0.25) is 0 Å². The number of alkyl halides is 3. The fourth-order valence-corrected chi connectivity index (χ4v) is 4.99. The van der Waals surface area contributed by atoms with E-state index >= 15 is 0 Å². The zero-order valence-corrected chi connectivity index (χ0v) is 31.8. The smallest absolute Gasteiger partial charge is 0.490 e. The van der Waals surface area contributed by atoms with Crippen molar-refractivity contribution >= 4 is 29.5 Å². The predicted molar refractivity (Wildman–Crippen MR) is 205 cm³/mol. The van der Waals surface area contributed by atoms with Crippen molar-refractivity contribution in [2.75, 3.05) is 30.8 Å². The zero-order chi connectivity index (χ0) is 38.3. The maximum absolute atomic E-state index is 12.9. The van der Waals surface area contributed by atoms with Crippen molar-refractivity contribution in [3.63, 3.8) is 0 Å². The SMILES string of the molecule is COc1cc(NC(=O)Nc2cccc(CNC(=O)OC(CCN(CC(C)C)C(C)C)c3ccccc3)c2)ccc1-c1cnco1.F.F.F.O.O.O=C(O)C(F)(F)F. The van der Waals surface area contributed by atoms with E-state index in [9.17, 15) is 22.8 Å². The van der Waals surface area contributed by atoms with Crippen molar-refractivity contribution in [3.8, 4) is 17.1 Å². The van der Waals surface area contributed by atoms with Crippen LogP contribution in [0.3, 0.4) is 0 Å². The van der Waals surface area contributed by atoms with Crippen molar-refractivity contribution in [3.05, 3.63) is 96.5 Å². The van der Waals surface area contributed by atoms with E-state index in [0.717, 1.165) is 29.8 Å². The minimum atomic E-state index is -5.08. The number of oxazole rings is 1. The summed E-state index contributed by atoms with van der Waals surface area (Å²) in [6.45, 7) is 10.8. The highest BCUT2D eigenvalue weighted by atomic mass is 19.4. The van der Waals surface area contributed by atoms with Gasteiger partial charge < -0.3 is 50.8 Å². The summed E-state index contributed by atoms with van der Waals surface area (Å²) in [6, 6.07) is 22.3. The molecule has 0 fully saturated rings. The maximum atomic E-state index is 12.9. The van der Waals surface area contributed by atoms with Crippen LogP contribution in [0.25, 0.3) is 11.3 Å². The number of hydrogen-bond acceptors (Lipinski definition) is 8. The number of aliphatic carboxylic acids is 1. The van der Waals surface area contributed by atoms with Crippen LogP contribution in [-0.4, -0.2) is 76.5 Å². The van der Waals surface area contributed by atoms with Crippen LogP contribution >= 0.6 is 0 Å². The number of nitrogens with one attached hydrogen (secondary N) is 3. The van der Waals surface area contributed by atoms with E-state index in [1.807, 2.05) is 42.5 Å². The normalized spacial score (nSPS) is 10.7. The van der Waals surface area contributed by atoms with Crippen LogP contribution in [0.5, 0.6) is 5.75 Å². The Hall–Kier alpha value is -5.86. The highest BCUT2D eigenvalue weighted by molar-refractivity contribution is 6.00. The molecule has 0 saturated heterocycles. The summed E-state index contributed by atoms with van der Waals surface area (Å²) in [5, 5.41) is 15.6. The molecular formula is C37H51F6N5O9. The Morgan fingerprint density at radius 2 is 1.51 bits per heavy atom. The molecule has 0 aliphatic rings. The van der Waals surface area contributed by atoms with Gasteiger partial charge in [0.05, 0.1) is 18.9 Å². The molecule has 1 heterocycles. The number of amides is 3. The van der Waals surface area contributed by atoms with Gasteiger partial charge in [0.1, 0.15) is 11.9 Å². The lowest BCUT2D eigenvalue weighted by Crippen LogP contribution is -2.36. The fraction of sp³-hybridized carbons (Fsp3) is 0.351. The van der Waals surface area contributed by atoms with E-state index in [4.69, 9.17) is 23.8 Å². The molecule has 1 atom stereocenters. The number of alkyl carbamates (subject to hydrolysis) is 1. The summed E-state index contributed by atoms with van der Waals surface area (Å²) in [5.41, 5.74) is 3.61. The van der Waals surface area contributed by atoms with Crippen molar-refractivity contribution in [2.45, 2.75) is 59.0 Å². The van der Waals surface area contributed by atoms with Crippen LogP contribution in [0.1, 0.15) is 51.3 Å². The van der Waals surface area contributed by atoms with Crippen LogP contribution in [0.4, 0.5) is 48.2 Å². The van der Waals surface area contributed by atoms with Gasteiger partial charge in [-0.2, -0.15) is 13.2 Å². The molecule has 1 aromatic heterocycles. The minimum absolute atomic E-state index is 0. The third kappa shape index (κ3) is 19.0. The molecular weight excluding hydrogens is 772 g/mol. The number of anilines is 2. The van der Waals surface area contributed by atoms with Crippen LogP contribution in [0.15, 0.2) is 89.8 Å². The minimum Gasteiger partial charge on any atom is -0.496 e. The number of hydrogen-bond donors (Lipinski definition) is 4. The van der Waals surface area contributed by atoms with Gasteiger partial charge in [-0.25, -0.2) is 19.4 Å². The van der Waals surface area contributed by atoms with E-state index in [-0.39, 0.29) is 37.7 Å². The topological polar surface area (TPSA) is 218 Å². The van der Waals surface area contributed by atoms with Gasteiger partial charge in [0.25, 0.3) is 0 Å². The highest BCUT2D eigenvalue weighted by Gasteiger charge is 2.38. The molecule has 0 saturated carbocycles. The van der Waals surface area contributed by atoms with Crippen LogP contribution < -0.4 is 20.7 Å². The largest absolute Gasteiger partial charge is 0.496 e. The van der Waals surface area contributed by atoms with E-state index in [2.05, 4.69) is 53.5 Å². The Balaban J connectivity index is -0.00000222. The van der Waals surface area contributed by atoms with E-state index in [1.165, 1.54) is 6.39 Å². The summed E-state index contributed by atoms with van der Waals surface area (Å²) in [7, 11) is 1.55. The molecule has 0 spiro atoms. The summed E-state index contributed by atoms with van der Waals surface area (Å²) >= 11 is 0. The van der Waals surface area contributed by atoms with Gasteiger partial charge in [0, 0.05) is 49.5 Å².